The zero-order chi connectivity index (χ0) is 20.5. The van der Waals surface area contributed by atoms with Gasteiger partial charge in [-0.1, -0.05) is 44.9 Å². The minimum atomic E-state index is -0.325. The Labute approximate surface area is 173 Å². The van der Waals surface area contributed by atoms with Crippen LogP contribution in [0.5, 0.6) is 11.5 Å². The summed E-state index contributed by atoms with van der Waals surface area (Å²) < 4.78 is 10.9. The predicted molar refractivity (Wildman–Crippen MR) is 116 cm³/mol. The van der Waals surface area contributed by atoms with Crippen molar-refractivity contribution in [2.24, 2.45) is 11.8 Å². The fourth-order valence-corrected chi connectivity index (χ4v) is 3.60. The van der Waals surface area contributed by atoms with Gasteiger partial charge in [0.1, 0.15) is 0 Å². The second kappa shape index (κ2) is 10.9. The smallest absolute Gasteiger partial charge is 0.276 e. The number of nitrogens with one attached hydrogen (secondary N) is 3. The molecule has 28 heavy (non-hydrogen) atoms. The van der Waals surface area contributed by atoms with Crippen LogP contribution in [0.1, 0.15) is 45.6 Å². The fraction of sp³-hybridized carbons (Fsp3) is 0.524. The van der Waals surface area contributed by atoms with E-state index in [1.165, 1.54) is 12.8 Å². The SMILES string of the molecule is C/C=C/c1ccc(OCC(=O)NNC(=S)N[C@H]2CCC[C@H](C)[C@@H]2C)c(OC)c1. The number of thiocarbonyl (C=S) groups is 1. The molecule has 0 heterocycles. The monoisotopic (exact) mass is 405 g/mol. The number of carbonyl (C=O) groups excluding carboxylic acids is 1. The Morgan fingerprint density at radius 1 is 1.25 bits per heavy atom. The molecule has 1 amide bonds. The summed E-state index contributed by atoms with van der Waals surface area (Å²) in [5.41, 5.74) is 6.32. The lowest BCUT2D eigenvalue weighted by molar-refractivity contribution is -0.123. The maximum absolute atomic E-state index is 12.1. The van der Waals surface area contributed by atoms with Crippen LogP contribution in [0, 0.1) is 11.8 Å². The maximum atomic E-state index is 12.1. The van der Waals surface area contributed by atoms with Gasteiger partial charge in [0.25, 0.3) is 5.91 Å². The molecule has 6 nitrogen and oxygen atoms in total. The van der Waals surface area contributed by atoms with Crippen molar-refractivity contribution >= 4 is 29.3 Å². The van der Waals surface area contributed by atoms with Crippen LogP contribution >= 0.6 is 12.2 Å². The van der Waals surface area contributed by atoms with Crippen molar-refractivity contribution in [1.29, 1.82) is 0 Å². The first kappa shape index (κ1) is 22.0. The normalized spacial score (nSPS) is 21.8. The molecule has 0 radical (unpaired) electrons. The molecule has 1 aromatic carbocycles. The zero-order valence-electron chi connectivity index (χ0n) is 17.1. The van der Waals surface area contributed by atoms with E-state index in [2.05, 4.69) is 30.0 Å². The number of carbonyl (C=O) groups is 1. The highest BCUT2D eigenvalue weighted by atomic mass is 32.1. The molecule has 0 spiro atoms. The molecule has 7 heteroatoms. The zero-order valence-corrected chi connectivity index (χ0v) is 17.9. The van der Waals surface area contributed by atoms with E-state index in [1.54, 1.807) is 13.2 Å². The highest BCUT2D eigenvalue weighted by Crippen LogP contribution is 2.29. The van der Waals surface area contributed by atoms with Gasteiger partial charge in [-0.3, -0.25) is 15.6 Å². The van der Waals surface area contributed by atoms with Gasteiger partial charge in [0.15, 0.2) is 23.2 Å². The summed E-state index contributed by atoms with van der Waals surface area (Å²) in [6.45, 7) is 6.31. The number of benzene rings is 1. The van der Waals surface area contributed by atoms with Gasteiger partial charge < -0.3 is 14.8 Å². The summed E-state index contributed by atoms with van der Waals surface area (Å²) in [4.78, 5) is 12.1. The van der Waals surface area contributed by atoms with E-state index in [0.717, 1.165) is 12.0 Å². The van der Waals surface area contributed by atoms with Crippen molar-refractivity contribution in [3.63, 3.8) is 0 Å². The van der Waals surface area contributed by atoms with E-state index in [4.69, 9.17) is 21.7 Å². The lowest BCUT2D eigenvalue weighted by Gasteiger charge is -2.35. The van der Waals surface area contributed by atoms with Crippen LogP contribution in [-0.4, -0.2) is 30.8 Å². The third-order valence-electron chi connectivity index (χ3n) is 5.24. The molecule has 1 aliphatic carbocycles. The minimum absolute atomic E-state index is 0.147. The number of allylic oxidation sites excluding steroid dienone is 1. The van der Waals surface area contributed by atoms with E-state index in [0.29, 0.717) is 34.5 Å². The quantitative estimate of drug-likeness (QED) is 0.498. The average Bonchev–Trinajstić information content (AvgIpc) is 2.69. The maximum Gasteiger partial charge on any atom is 0.276 e. The standard InChI is InChI=1S/C21H31N3O3S/c1-5-7-16-10-11-18(19(12-16)26-4)27-13-20(25)23-24-21(28)22-17-9-6-8-14(2)15(17)3/h5,7,10-12,14-15,17H,6,8-9,13H2,1-4H3,(H,23,25)(H2,22,24,28)/b7-5+/t14-,15-,17-/m0/s1. The van der Waals surface area contributed by atoms with E-state index in [-0.39, 0.29) is 12.5 Å². The van der Waals surface area contributed by atoms with Crippen LogP contribution in [0.3, 0.4) is 0 Å². The molecule has 2 rings (SSSR count). The van der Waals surface area contributed by atoms with Crippen LogP contribution in [0.2, 0.25) is 0 Å². The van der Waals surface area contributed by atoms with Crippen molar-refractivity contribution in [2.45, 2.75) is 46.1 Å². The van der Waals surface area contributed by atoms with Gasteiger partial charge in [-0.2, -0.15) is 0 Å². The topological polar surface area (TPSA) is 71.6 Å². The third kappa shape index (κ3) is 6.41. The Morgan fingerprint density at radius 2 is 2.04 bits per heavy atom. The van der Waals surface area contributed by atoms with Gasteiger partial charge in [-0.05, 0) is 55.1 Å². The number of methoxy groups -OCH3 is 1. The summed E-state index contributed by atoms with van der Waals surface area (Å²) in [6, 6.07) is 5.88. The van der Waals surface area contributed by atoms with Gasteiger partial charge in [-0.25, -0.2) is 0 Å². The Hall–Kier alpha value is -2.28. The van der Waals surface area contributed by atoms with Crippen molar-refractivity contribution in [3.8, 4) is 11.5 Å². The molecule has 0 aliphatic heterocycles. The molecule has 1 saturated carbocycles. The number of hydrogen-bond donors (Lipinski definition) is 3. The van der Waals surface area contributed by atoms with Gasteiger partial charge in [0, 0.05) is 6.04 Å². The molecule has 0 aromatic heterocycles. The molecule has 0 bridgehead atoms. The number of amides is 1. The van der Waals surface area contributed by atoms with Crippen LogP contribution in [0.4, 0.5) is 0 Å². The number of hydrazine groups is 1. The van der Waals surface area contributed by atoms with Crippen LogP contribution in [-0.2, 0) is 4.79 Å². The van der Waals surface area contributed by atoms with Crippen molar-refractivity contribution < 1.29 is 14.3 Å². The lowest BCUT2D eigenvalue weighted by Crippen LogP contribution is -2.53. The summed E-state index contributed by atoms with van der Waals surface area (Å²) in [7, 11) is 1.57. The average molecular weight is 406 g/mol. The molecule has 1 aromatic rings. The fourth-order valence-electron chi connectivity index (χ4n) is 3.40. The predicted octanol–water partition coefficient (Wildman–Crippen LogP) is 3.43. The largest absolute Gasteiger partial charge is 0.493 e. The number of ether oxygens (including phenoxy) is 2. The van der Waals surface area contributed by atoms with Crippen molar-refractivity contribution in [3.05, 3.63) is 29.8 Å². The molecule has 1 fully saturated rings. The Kier molecular flexibility index (Phi) is 8.57. The molecular formula is C21H31N3O3S. The van der Waals surface area contributed by atoms with Gasteiger partial charge in [0.2, 0.25) is 0 Å². The van der Waals surface area contributed by atoms with E-state index in [9.17, 15) is 4.79 Å². The van der Waals surface area contributed by atoms with Crippen LogP contribution in [0.25, 0.3) is 6.08 Å². The summed E-state index contributed by atoms with van der Waals surface area (Å²) >= 11 is 5.30. The number of rotatable bonds is 6. The van der Waals surface area contributed by atoms with Gasteiger partial charge >= 0.3 is 0 Å². The minimum Gasteiger partial charge on any atom is -0.493 e. The summed E-state index contributed by atoms with van der Waals surface area (Å²) in [6.07, 6.45) is 7.45. The Balaban J connectivity index is 1.77. The molecule has 3 N–H and O–H groups in total. The first-order valence-corrected chi connectivity index (χ1v) is 10.1. The highest BCUT2D eigenvalue weighted by molar-refractivity contribution is 7.80. The Bertz CT molecular complexity index is 708. The first-order chi connectivity index (χ1) is 13.4. The molecule has 3 atom stereocenters. The molecule has 0 unspecified atom stereocenters. The summed E-state index contributed by atoms with van der Waals surface area (Å²) in [5.74, 6) is 1.98. The van der Waals surface area contributed by atoms with Crippen LogP contribution < -0.4 is 25.6 Å². The molecule has 154 valence electrons. The highest BCUT2D eigenvalue weighted by Gasteiger charge is 2.27. The number of hydrogen-bond acceptors (Lipinski definition) is 4. The third-order valence-corrected chi connectivity index (χ3v) is 5.46. The molecular weight excluding hydrogens is 374 g/mol. The summed E-state index contributed by atoms with van der Waals surface area (Å²) in [5, 5.41) is 3.73. The molecule has 1 aliphatic rings. The van der Waals surface area contributed by atoms with Crippen molar-refractivity contribution in [1.82, 2.24) is 16.2 Å². The van der Waals surface area contributed by atoms with E-state index < -0.39 is 0 Å². The molecule has 0 saturated heterocycles. The van der Waals surface area contributed by atoms with Gasteiger partial charge in [0.05, 0.1) is 7.11 Å². The van der Waals surface area contributed by atoms with Gasteiger partial charge in [-0.15, -0.1) is 0 Å². The second-order valence-corrected chi connectivity index (χ2v) is 7.63. The van der Waals surface area contributed by atoms with Crippen LogP contribution in [0.15, 0.2) is 24.3 Å². The lowest BCUT2D eigenvalue weighted by atomic mass is 9.78. The van der Waals surface area contributed by atoms with Crippen molar-refractivity contribution in [2.75, 3.05) is 13.7 Å². The Morgan fingerprint density at radius 3 is 2.75 bits per heavy atom. The second-order valence-electron chi connectivity index (χ2n) is 7.22. The van der Waals surface area contributed by atoms with E-state index >= 15 is 0 Å². The first-order valence-electron chi connectivity index (χ1n) is 9.73. The van der Waals surface area contributed by atoms with E-state index in [1.807, 2.05) is 31.2 Å².